The van der Waals surface area contributed by atoms with Crippen molar-refractivity contribution in [1.82, 2.24) is 0 Å². The first-order chi connectivity index (χ1) is 29.1. The van der Waals surface area contributed by atoms with Gasteiger partial charge in [0.25, 0.3) is 0 Å². The predicted octanol–water partition coefficient (Wildman–Crippen LogP) is 15.1. The molecule has 0 heterocycles. The molecule has 0 aliphatic heterocycles. The number of fused-ring (bicyclic) bond motifs is 2. The minimum absolute atomic E-state index is 0.0256. The number of Topliss-reactive ketones (excluding diaryl/α,β-unsaturated/α-hetero) is 3. The number of rotatable bonds is 16. The van der Waals surface area contributed by atoms with Crippen molar-refractivity contribution in [3.05, 3.63) is 144 Å². The molecule has 3 aromatic rings. The quantitative estimate of drug-likeness (QED) is 0.0506. The molecule has 4 atom stereocenters. The zero-order valence-corrected chi connectivity index (χ0v) is 40.3. The van der Waals surface area contributed by atoms with E-state index in [1.807, 2.05) is 68.4 Å². The van der Waals surface area contributed by atoms with Crippen LogP contribution in [0.25, 0.3) is 5.76 Å². The summed E-state index contributed by atoms with van der Waals surface area (Å²) in [5, 5.41) is 14.1. The lowest BCUT2D eigenvalue weighted by Crippen LogP contribution is -2.69. The zero-order valence-electron chi connectivity index (χ0n) is 37.2. The summed E-state index contributed by atoms with van der Waals surface area (Å²) in [6, 6.07) is 14.9. The van der Waals surface area contributed by atoms with E-state index in [1.165, 1.54) is 6.07 Å². The van der Waals surface area contributed by atoms with Crippen LogP contribution in [0.1, 0.15) is 111 Å². The van der Waals surface area contributed by atoms with E-state index >= 15 is 14.4 Å². The average molecular weight is 921 g/mol. The number of aliphatic hydroxyl groups is 1. The van der Waals surface area contributed by atoms with Gasteiger partial charge in [-0.25, -0.2) is 0 Å². The molecule has 4 unspecified atom stereocenters. The van der Waals surface area contributed by atoms with Crippen LogP contribution < -0.4 is 9.47 Å². The molecule has 10 heteroatoms. The topological polar surface area (TPSA) is 89.9 Å². The van der Waals surface area contributed by atoms with E-state index in [0.29, 0.717) is 44.1 Å². The molecular weight excluding hydrogens is 862 g/mol. The van der Waals surface area contributed by atoms with Crippen molar-refractivity contribution in [2.24, 2.45) is 28.1 Å². The number of aliphatic hydroxyl groups excluding tert-OH is 1. The van der Waals surface area contributed by atoms with E-state index in [9.17, 15) is 5.11 Å². The number of benzene rings is 3. The van der Waals surface area contributed by atoms with Crippen LogP contribution in [-0.2, 0) is 27.6 Å². The van der Waals surface area contributed by atoms with Gasteiger partial charge < -0.3 is 14.6 Å². The standard InChI is InChI=1S/C52H58Cl4O6/c1-30(2)17-19-35(33(7)8)26-51-27-36(21-18-31(3)4)50(9,10)52(49(51)60,24-23-32(5)6)48(59)45(47(51)58)46(57)34-20-22-43(61-28-37-39(53)13-11-14-40(37)54)44(25-34)62-29-38-41(55)15-12-16-42(38)56/h11-18,20,22-23,25,35-36,57H,7,19,21,24,26-29H2,1-6,8-10H3. The molecule has 2 aliphatic rings. The molecule has 5 rings (SSSR count). The second-order valence-corrected chi connectivity index (χ2v) is 19.9. The first-order valence-electron chi connectivity index (χ1n) is 21.0. The van der Waals surface area contributed by atoms with Crippen molar-refractivity contribution in [2.75, 3.05) is 0 Å². The lowest BCUT2D eigenvalue weighted by atomic mass is 9.38. The second kappa shape index (κ2) is 19.8. The molecule has 0 radical (unpaired) electrons. The van der Waals surface area contributed by atoms with E-state index in [4.69, 9.17) is 55.9 Å². The van der Waals surface area contributed by atoms with Crippen LogP contribution in [0, 0.1) is 28.1 Å². The van der Waals surface area contributed by atoms with E-state index in [-0.39, 0.29) is 72.7 Å². The van der Waals surface area contributed by atoms with Crippen LogP contribution in [0.4, 0.5) is 0 Å². The van der Waals surface area contributed by atoms with Crippen LogP contribution in [0.3, 0.4) is 0 Å². The number of hydrogen-bond donors (Lipinski definition) is 1. The molecule has 2 bridgehead atoms. The van der Waals surface area contributed by atoms with Crippen LogP contribution in [0.5, 0.6) is 11.5 Å². The van der Waals surface area contributed by atoms with Gasteiger partial charge in [-0.3, -0.25) is 14.4 Å². The minimum Gasteiger partial charge on any atom is -0.506 e. The molecule has 1 N–H and O–H groups in total. The number of allylic oxidation sites excluding steroid dienone is 8. The van der Waals surface area contributed by atoms with Gasteiger partial charge in [-0.2, -0.15) is 0 Å². The second-order valence-electron chi connectivity index (χ2n) is 18.2. The summed E-state index contributed by atoms with van der Waals surface area (Å²) < 4.78 is 12.6. The van der Waals surface area contributed by atoms with Crippen LogP contribution in [-0.4, -0.2) is 22.5 Å². The van der Waals surface area contributed by atoms with Gasteiger partial charge in [0.05, 0.1) is 5.41 Å². The van der Waals surface area contributed by atoms with Crippen LogP contribution in [0.15, 0.2) is 107 Å². The van der Waals surface area contributed by atoms with Gasteiger partial charge >= 0.3 is 0 Å². The summed E-state index contributed by atoms with van der Waals surface area (Å²) >= 11 is 26.0. The Morgan fingerprint density at radius 3 is 1.77 bits per heavy atom. The summed E-state index contributed by atoms with van der Waals surface area (Å²) in [5.41, 5.74) is 0.535. The van der Waals surface area contributed by atoms with Crippen LogP contribution >= 0.6 is 46.4 Å². The molecule has 3 aromatic carbocycles. The third kappa shape index (κ3) is 9.70. The maximum absolute atomic E-state index is 15.7. The summed E-state index contributed by atoms with van der Waals surface area (Å²) in [4.78, 5) is 46.9. The molecule has 2 aliphatic carbocycles. The third-order valence-electron chi connectivity index (χ3n) is 12.9. The van der Waals surface area contributed by atoms with Gasteiger partial charge in [0.1, 0.15) is 30.0 Å². The Labute approximate surface area is 387 Å². The molecule has 2 saturated carbocycles. The molecule has 0 aromatic heterocycles. The lowest BCUT2D eigenvalue weighted by Gasteiger charge is -2.60. The van der Waals surface area contributed by atoms with E-state index in [2.05, 4.69) is 18.7 Å². The highest BCUT2D eigenvalue weighted by atomic mass is 35.5. The smallest absolute Gasteiger partial charge is 0.184 e. The van der Waals surface area contributed by atoms with Crippen molar-refractivity contribution < 1.29 is 29.0 Å². The predicted molar refractivity (Wildman–Crippen MR) is 254 cm³/mol. The van der Waals surface area contributed by atoms with Gasteiger partial charge in [0, 0.05) is 36.8 Å². The van der Waals surface area contributed by atoms with Gasteiger partial charge in [-0.1, -0.05) is 119 Å². The Morgan fingerprint density at radius 2 is 1.27 bits per heavy atom. The summed E-state index contributed by atoms with van der Waals surface area (Å²) in [5.74, 6) is -2.33. The normalized spacial score (nSPS) is 21.8. The molecule has 330 valence electrons. The first kappa shape index (κ1) is 49.0. The maximum atomic E-state index is 15.7. The fourth-order valence-corrected chi connectivity index (χ4v) is 9.95. The fourth-order valence-electron chi connectivity index (χ4n) is 8.94. The van der Waals surface area contributed by atoms with Gasteiger partial charge in [-0.05, 0) is 140 Å². The molecule has 0 saturated heterocycles. The maximum Gasteiger partial charge on any atom is 0.184 e. The molecule has 0 spiro atoms. The highest BCUT2D eigenvalue weighted by molar-refractivity contribution is 6.42. The Kier molecular flexibility index (Phi) is 15.6. The van der Waals surface area contributed by atoms with Crippen molar-refractivity contribution in [3.8, 4) is 11.5 Å². The Balaban J connectivity index is 1.76. The largest absolute Gasteiger partial charge is 0.506 e. The van der Waals surface area contributed by atoms with Crippen molar-refractivity contribution in [1.29, 1.82) is 0 Å². The Hall–Kier alpha value is -4.07. The lowest BCUT2D eigenvalue weighted by molar-refractivity contribution is -0.177. The molecular formula is C52H58Cl4O6. The first-order valence-corrected chi connectivity index (χ1v) is 22.5. The molecule has 2 fully saturated rings. The monoisotopic (exact) mass is 918 g/mol. The highest BCUT2D eigenvalue weighted by Gasteiger charge is 2.74. The summed E-state index contributed by atoms with van der Waals surface area (Å²) in [7, 11) is 0. The Bertz CT molecular complexity index is 2350. The third-order valence-corrected chi connectivity index (χ3v) is 14.3. The molecule has 62 heavy (non-hydrogen) atoms. The number of ketones is 3. The van der Waals surface area contributed by atoms with Crippen molar-refractivity contribution in [2.45, 2.75) is 108 Å². The number of hydrogen-bond acceptors (Lipinski definition) is 6. The summed E-state index contributed by atoms with van der Waals surface area (Å²) in [6.07, 6.45) is 7.72. The molecule has 0 amide bonds. The van der Waals surface area contributed by atoms with E-state index in [0.717, 1.165) is 22.3 Å². The van der Waals surface area contributed by atoms with E-state index in [1.54, 1.807) is 48.5 Å². The van der Waals surface area contributed by atoms with Gasteiger partial charge in [-0.15, -0.1) is 0 Å². The summed E-state index contributed by atoms with van der Waals surface area (Å²) in [6.45, 7) is 22.0. The number of ether oxygens (including phenoxy) is 2. The molecule has 6 nitrogen and oxygen atoms in total. The Morgan fingerprint density at radius 1 is 0.758 bits per heavy atom. The fraction of sp³-hybridized carbons (Fsp3) is 0.404. The van der Waals surface area contributed by atoms with Gasteiger partial charge in [0.15, 0.2) is 28.8 Å². The zero-order chi connectivity index (χ0) is 45.9. The van der Waals surface area contributed by atoms with Gasteiger partial charge in [0.2, 0.25) is 0 Å². The van der Waals surface area contributed by atoms with Crippen molar-refractivity contribution in [3.63, 3.8) is 0 Å². The SMILES string of the molecule is C=C(C)C(CC=C(C)C)CC12CC(CC=C(C)C)C(C)(C)C(CC=C(C)C)(C(=O)C(=C(O)c3ccc(OCc4c(Cl)cccc4Cl)c(OCc4c(Cl)cccc4Cl)c3)C1=O)C2=O. The minimum atomic E-state index is -1.67. The number of carbonyl (C=O) groups excluding carboxylic acids is 3. The van der Waals surface area contributed by atoms with E-state index < -0.39 is 33.6 Å². The number of halogens is 4. The van der Waals surface area contributed by atoms with Crippen LogP contribution in [0.2, 0.25) is 20.1 Å². The van der Waals surface area contributed by atoms with Crippen molar-refractivity contribution >= 4 is 69.5 Å². The average Bonchev–Trinajstić information content (AvgIpc) is 3.19. The number of carbonyl (C=O) groups is 3. The highest BCUT2D eigenvalue weighted by Crippen LogP contribution is 2.66.